The topological polar surface area (TPSA) is 78.8 Å². The van der Waals surface area contributed by atoms with E-state index in [0.29, 0.717) is 30.6 Å². The fraction of sp³-hybridized carbons (Fsp3) is 0.263. The Morgan fingerprint density at radius 2 is 1.89 bits per heavy atom. The molecule has 0 bridgehead atoms. The van der Waals surface area contributed by atoms with Crippen LogP contribution in [-0.4, -0.2) is 26.7 Å². The van der Waals surface area contributed by atoms with Crippen LogP contribution in [0.2, 0.25) is 0 Å². The Hall–Kier alpha value is -2.81. The zero-order valence-corrected chi connectivity index (χ0v) is 15.6. The molecule has 0 aromatic heterocycles. The Balaban J connectivity index is 1.68. The second kappa shape index (κ2) is 6.97. The Morgan fingerprint density at radius 1 is 1.07 bits per heavy atom. The first kappa shape index (κ1) is 18.5. The van der Waals surface area contributed by atoms with Crippen LogP contribution in [0, 0.1) is 11.6 Å². The summed E-state index contributed by atoms with van der Waals surface area (Å²) in [5, 5.41) is 2.33. The molecule has 1 fully saturated rings. The monoisotopic (exact) mass is 405 g/mol. The minimum Gasteiger partial charge on any atom is -0.328 e. The summed E-state index contributed by atoms with van der Waals surface area (Å²) < 4.78 is 55.9. The fourth-order valence-corrected chi connectivity index (χ4v) is 4.69. The van der Waals surface area contributed by atoms with E-state index in [1.165, 1.54) is 12.1 Å². The molecule has 0 unspecified atom stereocenters. The van der Waals surface area contributed by atoms with Crippen molar-refractivity contribution in [2.45, 2.75) is 30.6 Å². The third-order valence-electron chi connectivity index (χ3n) is 4.79. The first-order valence-corrected chi connectivity index (χ1v) is 10.3. The molecule has 9 heteroatoms. The molecule has 2 aliphatic heterocycles. The Labute approximate surface area is 160 Å². The van der Waals surface area contributed by atoms with Gasteiger partial charge in [-0.25, -0.2) is 8.78 Å². The molecule has 2 aromatic carbocycles. The van der Waals surface area contributed by atoms with Gasteiger partial charge < -0.3 is 10.2 Å². The maximum absolute atomic E-state index is 13.8. The van der Waals surface area contributed by atoms with Gasteiger partial charge in [-0.3, -0.25) is 4.79 Å². The second-order valence-electron chi connectivity index (χ2n) is 6.71. The summed E-state index contributed by atoms with van der Waals surface area (Å²) in [5.41, 5.74) is 0.343. The highest BCUT2D eigenvalue weighted by molar-refractivity contribution is 7.90. The van der Waals surface area contributed by atoms with Gasteiger partial charge >= 0.3 is 0 Å². The van der Waals surface area contributed by atoms with Gasteiger partial charge in [0, 0.05) is 24.6 Å². The molecule has 1 N–H and O–H groups in total. The molecule has 2 aromatic rings. The van der Waals surface area contributed by atoms with E-state index in [1.807, 2.05) is 4.90 Å². The SMILES string of the molecule is O=C(Nc1ccc(F)cc1F)c1ccc2c(c1)S(=O)(=O)N=C1CCCCCN12. The molecule has 0 saturated carbocycles. The standard InChI is InChI=1S/C19H17F2N3O3S/c20-13-6-7-15(14(21)11-13)22-19(25)12-5-8-16-17(10-12)28(26,27)23-18-4-2-1-3-9-24(16)18/h5-8,10-11H,1-4,9H2,(H,22,25). The molecular formula is C19H17F2N3O3S. The molecule has 2 heterocycles. The van der Waals surface area contributed by atoms with Gasteiger partial charge in [0.25, 0.3) is 15.9 Å². The van der Waals surface area contributed by atoms with Gasteiger partial charge in [0.15, 0.2) is 0 Å². The summed E-state index contributed by atoms with van der Waals surface area (Å²) in [4.78, 5) is 14.3. The lowest BCUT2D eigenvalue weighted by Crippen LogP contribution is -2.35. The smallest absolute Gasteiger partial charge is 0.286 e. The average molecular weight is 405 g/mol. The zero-order chi connectivity index (χ0) is 19.9. The van der Waals surface area contributed by atoms with E-state index in [2.05, 4.69) is 9.71 Å². The lowest BCUT2D eigenvalue weighted by molar-refractivity contribution is 0.102. The van der Waals surface area contributed by atoms with E-state index < -0.39 is 27.6 Å². The molecule has 4 rings (SSSR count). The highest BCUT2D eigenvalue weighted by Crippen LogP contribution is 2.35. The van der Waals surface area contributed by atoms with Gasteiger partial charge in [-0.05, 0) is 43.2 Å². The first-order valence-electron chi connectivity index (χ1n) is 8.87. The van der Waals surface area contributed by atoms with Crippen LogP contribution in [0.15, 0.2) is 45.7 Å². The third-order valence-corrected chi connectivity index (χ3v) is 6.12. The number of halogens is 2. The van der Waals surface area contributed by atoms with Crippen LogP contribution < -0.4 is 10.2 Å². The maximum atomic E-state index is 13.8. The number of amidine groups is 1. The number of benzene rings is 2. The number of rotatable bonds is 2. The van der Waals surface area contributed by atoms with Crippen molar-refractivity contribution in [2.75, 3.05) is 16.8 Å². The predicted octanol–water partition coefficient (Wildman–Crippen LogP) is 3.70. The zero-order valence-electron chi connectivity index (χ0n) is 14.8. The van der Waals surface area contributed by atoms with Crippen molar-refractivity contribution < 1.29 is 22.0 Å². The molecule has 1 amide bonds. The van der Waals surface area contributed by atoms with Crippen molar-refractivity contribution in [1.29, 1.82) is 0 Å². The lowest BCUT2D eigenvalue weighted by atomic mass is 10.1. The number of sulfonamides is 1. The number of fused-ring (bicyclic) bond motifs is 3. The van der Waals surface area contributed by atoms with Gasteiger partial charge in [-0.15, -0.1) is 4.40 Å². The van der Waals surface area contributed by atoms with Crippen molar-refractivity contribution in [3.05, 3.63) is 53.6 Å². The van der Waals surface area contributed by atoms with Crippen molar-refractivity contribution in [2.24, 2.45) is 4.40 Å². The van der Waals surface area contributed by atoms with Crippen LogP contribution in [-0.2, 0) is 10.0 Å². The summed E-state index contributed by atoms with van der Waals surface area (Å²) in [5.74, 6) is -1.86. The number of hydrogen-bond acceptors (Lipinski definition) is 4. The molecule has 0 radical (unpaired) electrons. The average Bonchev–Trinajstić information content (AvgIpc) is 2.88. The quantitative estimate of drug-likeness (QED) is 0.826. The van der Waals surface area contributed by atoms with Crippen LogP contribution in [0.1, 0.15) is 36.0 Å². The lowest BCUT2D eigenvalue weighted by Gasteiger charge is -2.29. The molecule has 2 aliphatic rings. The minimum atomic E-state index is -3.93. The molecule has 1 saturated heterocycles. The van der Waals surface area contributed by atoms with Crippen molar-refractivity contribution >= 4 is 33.1 Å². The van der Waals surface area contributed by atoms with Crippen molar-refractivity contribution in [1.82, 2.24) is 0 Å². The predicted molar refractivity (Wildman–Crippen MR) is 101 cm³/mol. The number of nitrogens with zero attached hydrogens (tertiary/aromatic N) is 2. The van der Waals surface area contributed by atoms with Gasteiger partial charge in [0.2, 0.25) is 0 Å². The number of carbonyl (C=O) groups is 1. The summed E-state index contributed by atoms with van der Waals surface area (Å²) in [7, 11) is -3.93. The normalized spacial score (nSPS) is 17.8. The molecule has 28 heavy (non-hydrogen) atoms. The number of amides is 1. The van der Waals surface area contributed by atoms with Crippen molar-refractivity contribution in [3.63, 3.8) is 0 Å². The first-order chi connectivity index (χ1) is 13.3. The van der Waals surface area contributed by atoms with Crippen molar-refractivity contribution in [3.8, 4) is 0 Å². The number of hydrogen-bond donors (Lipinski definition) is 1. The molecule has 6 nitrogen and oxygen atoms in total. The van der Waals surface area contributed by atoms with E-state index in [4.69, 9.17) is 0 Å². The number of anilines is 2. The molecule has 0 atom stereocenters. The Bertz CT molecular complexity index is 1100. The molecule has 0 spiro atoms. The van der Waals surface area contributed by atoms with Gasteiger partial charge in [0.05, 0.1) is 11.4 Å². The van der Waals surface area contributed by atoms with E-state index in [0.717, 1.165) is 31.4 Å². The van der Waals surface area contributed by atoms with Crippen LogP contribution in [0.4, 0.5) is 20.2 Å². The number of carbonyl (C=O) groups excluding carboxylic acids is 1. The van der Waals surface area contributed by atoms with Crippen LogP contribution in [0.3, 0.4) is 0 Å². The minimum absolute atomic E-state index is 0.0412. The molecular weight excluding hydrogens is 388 g/mol. The maximum Gasteiger partial charge on any atom is 0.286 e. The highest BCUT2D eigenvalue weighted by Gasteiger charge is 2.32. The van der Waals surface area contributed by atoms with E-state index in [-0.39, 0.29) is 16.1 Å². The van der Waals surface area contributed by atoms with Gasteiger partial charge in [-0.2, -0.15) is 8.42 Å². The van der Waals surface area contributed by atoms with E-state index >= 15 is 0 Å². The van der Waals surface area contributed by atoms with Crippen LogP contribution in [0.5, 0.6) is 0 Å². The highest BCUT2D eigenvalue weighted by atomic mass is 32.2. The number of nitrogens with one attached hydrogen (secondary N) is 1. The van der Waals surface area contributed by atoms with E-state index in [9.17, 15) is 22.0 Å². The summed E-state index contributed by atoms with van der Waals surface area (Å²) in [6, 6.07) is 7.08. The Morgan fingerprint density at radius 3 is 2.68 bits per heavy atom. The summed E-state index contributed by atoms with van der Waals surface area (Å²) in [6.07, 6.45) is 3.38. The third kappa shape index (κ3) is 3.37. The van der Waals surface area contributed by atoms with Crippen LogP contribution in [0.25, 0.3) is 0 Å². The molecule has 146 valence electrons. The largest absolute Gasteiger partial charge is 0.328 e. The van der Waals surface area contributed by atoms with Gasteiger partial charge in [0.1, 0.15) is 22.4 Å². The fourth-order valence-electron chi connectivity index (χ4n) is 3.41. The summed E-state index contributed by atoms with van der Waals surface area (Å²) in [6.45, 7) is 0.660. The van der Waals surface area contributed by atoms with Crippen LogP contribution >= 0.6 is 0 Å². The Kier molecular flexibility index (Phi) is 4.62. The van der Waals surface area contributed by atoms with Gasteiger partial charge in [-0.1, -0.05) is 6.42 Å². The van der Waals surface area contributed by atoms with E-state index in [1.54, 1.807) is 6.07 Å². The second-order valence-corrected chi connectivity index (χ2v) is 8.28. The summed E-state index contributed by atoms with van der Waals surface area (Å²) >= 11 is 0. The molecule has 0 aliphatic carbocycles.